The van der Waals surface area contributed by atoms with E-state index in [1.54, 1.807) is 0 Å². The van der Waals surface area contributed by atoms with Gasteiger partial charge in [0, 0.05) is 0 Å². The molecule has 0 saturated carbocycles. The van der Waals surface area contributed by atoms with E-state index in [1.165, 1.54) is 39.0 Å². The smallest absolute Gasteiger partial charge is 0.254 e. The number of rotatable bonds is 6. The average molecular weight is 573 g/mol. The lowest BCUT2D eigenvalue weighted by Crippen LogP contribution is -2.87. The van der Waals surface area contributed by atoms with E-state index >= 15 is 0 Å². The van der Waals surface area contributed by atoms with Crippen LogP contribution in [0.1, 0.15) is 90.1 Å². The standard InChI is InChI=1S/C33H49BN2O2Si2/c1-21(2)16-24-17-22-14-13-15-27(23-18-25(32(3,4)5)20-26(19-23)33(6,7)8)28(22)29(24)35-30(37)39(9,10)34-36-31(38)40(34,11)12/h13-15,17-21,29H,16H2,1-12H3,(H,35,37)(H,36,38). The van der Waals surface area contributed by atoms with Crippen molar-refractivity contribution in [2.24, 2.45) is 5.92 Å². The number of hydrogen-bond acceptors (Lipinski definition) is 2. The van der Waals surface area contributed by atoms with Crippen LogP contribution in [0.15, 0.2) is 42.0 Å². The van der Waals surface area contributed by atoms with Gasteiger partial charge in [-0.3, -0.25) is 9.59 Å². The Labute approximate surface area is 244 Å². The van der Waals surface area contributed by atoms with Crippen molar-refractivity contribution in [3.63, 3.8) is 0 Å². The molecule has 7 heteroatoms. The van der Waals surface area contributed by atoms with E-state index in [9.17, 15) is 9.59 Å². The van der Waals surface area contributed by atoms with E-state index in [2.05, 4.69) is 135 Å². The lowest BCUT2D eigenvalue weighted by atomic mass is 9.78. The number of carbonyl (C=O) groups is 2. The molecule has 2 aromatic rings. The lowest BCUT2D eigenvalue weighted by Gasteiger charge is -2.46. The summed E-state index contributed by atoms with van der Waals surface area (Å²) in [5.74, 6) is 0.475. The fourth-order valence-corrected chi connectivity index (χ4v) is 16.8. The summed E-state index contributed by atoms with van der Waals surface area (Å²) in [6, 6.07) is 13.5. The Morgan fingerprint density at radius 1 is 1.02 bits per heavy atom. The third kappa shape index (κ3) is 5.56. The Balaban J connectivity index is 1.82. The lowest BCUT2D eigenvalue weighted by molar-refractivity contribution is 0.256. The molecule has 2 aliphatic rings. The molecule has 1 unspecified atom stereocenters. The van der Waals surface area contributed by atoms with Crippen molar-refractivity contribution in [1.82, 2.24) is 10.5 Å². The third-order valence-electron chi connectivity index (χ3n) is 8.92. The maximum absolute atomic E-state index is 14.1. The maximum Gasteiger partial charge on any atom is 0.254 e. The number of fused-ring (bicyclic) bond motifs is 1. The van der Waals surface area contributed by atoms with Gasteiger partial charge in [0.15, 0.2) is 11.1 Å². The topological polar surface area (TPSA) is 58.2 Å². The van der Waals surface area contributed by atoms with Crippen molar-refractivity contribution in [2.75, 3.05) is 0 Å². The maximum atomic E-state index is 14.1. The van der Waals surface area contributed by atoms with Crippen LogP contribution in [0.25, 0.3) is 17.2 Å². The highest BCUT2D eigenvalue weighted by molar-refractivity contribution is 7.75. The van der Waals surface area contributed by atoms with Gasteiger partial charge >= 0.3 is 0 Å². The van der Waals surface area contributed by atoms with E-state index < -0.39 is 15.9 Å². The van der Waals surface area contributed by atoms with Gasteiger partial charge in [0.05, 0.1) is 6.04 Å². The molecule has 4 nitrogen and oxygen atoms in total. The minimum atomic E-state index is -2.47. The Bertz CT molecular complexity index is 1350. The normalized spacial score (nSPS) is 18.7. The van der Waals surface area contributed by atoms with Crippen LogP contribution in [0.4, 0.5) is 9.59 Å². The molecule has 0 radical (unpaired) electrons. The third-order valence-corrected chi connectivity index (χ3v) is 19.1. The average Bonchev–Trinajstić information content (AvgIpc) is 3.17. The number of hydrogen-bond donors (Lipinski definition) is 2. The second-order valence-corrected chi connectivity index (χ2v) is 25.2. The minimum absolute atomic E-state index is 0.0160. The Morgan fingerprint density at radius 2 is 1.60 bits per heavy atom. The summed E-state index contributed by atoms with van der Waals surface area (Å²) in [6.07, 6.45) is 3.23. The quantitative estimate of drug-likeness (QED) is 0.341. The molecule has 40 heavy (non-hydrogen) atoms. The molecular weight excluding hydrogens is 523 g/mol. The molecule has 2 N–H and O–H groups in total. The molecule has 0 aromatic heterocycles. The van der Waals surface area contributed by atoms with Crippen LogP contribution in [0.3, 0.4) is 0 Å². The molecule has 1 aliphatic carbocycles. The first-order valence-corrected chi connectivity index (χ1v) is 21.0. The van der Waals surface area contributed by atoms with Crippen LogP contribution in [0.2, 0.25) is 26.2 Å². The SMILES string of the molecule is CC(C)CC1=Cc2cccc(-c3cc(C(C)(C)C)cc(C(C)(C)C)c3)c2C1NC(=O)[Si](C)(C)B1NC(=O)[Si]1(C)C. The number of amides is 2. The number of nitrogens with one attached hydrogen (secondary N) is 2. The second-order valence-electron chi connectivity index (χ2n) is 15.7. The highest BCUT2D eigenvalue weighted by Gasteiger charge is 2.63. The van der Waals surface area contributed by atoms with Gasteiger partial charge in [0.25, 0.3) is 6.03 Å². The van der Waals surface area contributed by atoms with E-state index in [-0.39, 0.29) is 34.0 Å². The van der Waals surface area contributed by atoms with Crippen LogP contribution < -0.4 is 10.5 Å². The highest BCUT2D eigenvalue weighted by atomic mass is 28.4. The Hall–Kier alpha value is -2.38. The van der Waals surface area contributed by atoms with E-state index in [0.29, 0.717) is 5.92 Å². The molecule has 2 amide bonds. The molecule has 2 aromatic carbocycles. The molecule has 4 rings (SSSR count). The zero-order chi connectivity index (χ0) is 30.0. The van der Waals surface area contributed by atoms with Crippen molar-refractivity contribution >= 4 is 39.1 Å². The van der Waals surface area contributed by atoms with E-state index in [1.807, 2.05) is 0 Å². The largest absolute Gasteiger partial charge is 0.408 e. The Morgan fingerprint density at radius 3 is 2.08 bits per heavy atom. The minimum Gasteiger partial charge on any atom is -0.408 e. The first-order chi connectivity index (χ1) is 18.2. The van der Waals surface area contributed by atoms with Gasteiger partial charge in [-0.2, -0.15) is 0 Å². The molecular formula is C33H49BN2O2Si2. The van der Waals surface area contributed by atoms with Gasteiger partial charge in [0.1, 0.15) is 15.9 Å². The monoisotopic (exact) mass is 572 g/mol. The summed E-state index contributed by atoms with van der Waals surface area (Å²) in [4.78, 5) is 26.4. The van der Waals surface area contributed by atoms with Gasteiger partial charge in [-0.25, -0.2) is 0 Å². The van der Waals surface area contributed by atoms with Gasteiger partial charge in [0.2, 0.25) is 0 Å². The van der Waals surface area contributed by atoms with E-state index in [4.69, 9.17) is 0 Å². The summed E-state index contributed by atoms with van der Waals surface area (Å²) in [5, 5.41) is 6.69. The molecule has 1 atom stereocenters. The highest BCUT2D eigenvalue weighted by Crippen LogP contribution is 2.45. The first-order valence-electron chi connectivity index (χ1n) is 14.9. The molecule has 1 heterocycles. The zero-order valence-electron chi connectivity index (χ0n) is 26.8. The fraction of sp³-hybridized carbons (Fsp3) is 0.515. The van der Waals surface area contributed by atoms with E-state index in [0.717, 1.165) is 6.42 Å². The van der Waals surface area contributed by atoms with Crippen molar-refractivity contribution in [2.45, 2.75) is 105 Å². The molecule has 0 bridgehead atoms. The molecule has 214 valence electrons. The van der Waals surface area contributed by atoms with Crippen molar-refractivity contribution in [1.29, 1.82) is 0 Å². The molecule has 1 aliphatic heterocycles. The second kappa shape index (κ2) is 10.2. The summed E-state index contributed by atoms with van der Waals surface area (Å²) in [5.41, 5.74) is 9.07. The summed E-state index contributed by atoms with van der Waals surface area (Å²) in [6.45, 7) is 26.6. The predicted octanol–water partition coefficient (Wildman–Crippen LogP) is 8.59. The number of carbonyl (C=O) groups excluding carboxylic acids is 2. The summed E-state index contributed by atoms with van der Waals surface area (Å²) in [7, 11) is -4.60. The first kappa shape index (κ1) is 30.6. The molecule has 1 fully saturated rings. The predicted molar refractivity (Wildman–Crippen MR) is 177 cm³/mol. The zero-order valence-corrected chi connectivity index (χ0v) is 28.8. The van der Waals surface area contributed by atoms with Crippen molar-refractivity contribution < 1.29 is 9.59 Å². The van der Waals surface area contributed by atoms with Gasteiger partial charge < -0.3 is 10.5 Å². The molecule has 1 saturated heterocycles. The van der Waals surface area contributed by atoms with Crippen LogP contribution in [0.5, 0.6) is 0 Å². The summed E-state index contributed by atoms with van der Waals surface area (Å²) < 4.78 is 0. The van der Waals surface area contributed by atoms with Gasteiger partial charge in [-0.1, -0.05) is 124 Å². The van der Waals surface area contributed by atoms with Crippen LogP contribution in [-0.2, 0) is 10.8 Å². The van der Waals surface area contributed by atoms with Gasteiger partial charge in [-0.05, 0) is 62.1 Å². The Kier molecular flexibility index (Phi) is 7.77. The van der Waals surface area contributed by atoms with Crippen LogP contribution in [0, 0.1) is 5.92 Å². The van der Waals surface area contributed by atoms with Crippen molar-refractivity contribution in [3.05, 3.63) is 64.2 Å². The molecule has 0 spiro atoms. The summed E-state index contributed by atoms with van der Waals surface area (Å²) >= 11 is 0. The number of benzene rings is 2. The fourth-order valence-electron chi connectivity index (χ4n) is 6.30. The van der Waals surface area contributed by atoms with Crippen LogP contribution >= 0.6 is 0 Å². The van der Waals surface area contributed by atoms with Gasteiger partial charge in [-0.15, -0.1) is 0 Å². The van der Waals surface area contributed by atoms with Crippen molar-refractivity contribution in [3.8, 4) is 11.1 Å². The van der Waals surface area contributed by atoms with Crippen LogP contribution in [-0.4, -0.2) is 33.0 Å².